The van der Waals surface area contributed by atoms with E-state index in [0.717, 1.165) is 20.9 Å². The second-order valence-electron chi connectivity index (χ2n) is 3.25. The van der Waals surface area contributed by atoms with E-state index >= 15 is 0 Å². The second kappa shape index (κ2) is 3.99. The van der Waals surface area contributed by atoms with Gasteiger partial charge in [0.25, 0.3) is 0 Å². The first-order chi connectivity index (χ1) is 7.88. The molecule has 1 aromatic heterocycles. The predicted molar refractivity (Wildman–Crippen MR) is 68.8 cm³/mol. The highest BCUT2D eigenvalue weighted by molar-refractivity contribution is 8.13. The van der Waals surface area contributed by atoms with Crippen LogP contribution in [0.4, 0.5) is 5.69 Å². The van der Waals surface area contributed by atoms with Crippen molar-refractivity contribution < 1.29 is 0 Å². The SMILES string of the molecule is CSC1=Nc2ccccc2Sc2nccn21. The van der Waals surface area contributed by atoms with Crippen LogP contribution >= 0.6 is 23.5 Å². The Labute approximate surface area is 102 Å². The summed E-state index contributed by atoms with van der Waals surface area (Å²) in [6, 6.07) is 8.14. The van der Waals surface area contributed by atoms with Crippen LogP contribution in [0.2, 0.25) is 0 Å². The molecule has 2 heterocycles. The molecule has 0 N–H and O–H groups in total. The molecule has 5 heteroatoms. The van der Waals surface area contributed by atoms with Crippen molar-refractivity contribution in [1.29, 1.82) is 0 Å². The third kappa shape index (κ3) is 1.56. The average Bonchev–Trinajstić information content (AvgIpc) is 2.70. The fraction of sp³-hybridized carbons (Fsp3) is 0.0909. The highest BCUT2D eigenvalue weighted by Gasteiger charge is 2.16. The molecular weight excluding hydrogens is 238 g/mol. The van der Waals surface area contributed by atoms with Gasteiger partial charge in [0, 0.05) is 17.3 Å². The number of hydrogen-bond donors (Lipinski definition) is 0. The van der Waals surface area contributed by atoms with Crippen LogP contribution in [0.5, 0.6) is 0 Å². The van der Waals surface area contributed by atoms with Crippen molar-refractivity contribution in [1.82, 2.24) is 9.55 Å². The van der Waals surface area contributed by atoms with Crippen LogP contribution in [0.25, 0.3) is 0 Å². The van der Waals surface area contributed by atoms with Gasteiger partial charge in [0.1, 0.15) is 0 Å². The molecule has 0 unspecified atom stereocenters. The number of aromatic nitrogens is 2. The van der Waals surface area contributed by atoms with E-state index < -0.39 is 0 Å². The standard InChI is InChI=1S/C11H9N3S2/c1-15-11-13-8-4-2-3-5-9(8)16-10-12-6-7-14(10)11/h2-7H,1H3. The van der Waals surface area contributed by atoms with Crippen LogP contribution in [0, 0.1) is 0 Å². The van der Waals surface area contributed by atoms with Crippen molar-refractivity contribution in [2.45, 2.75) is 10.1 Å². The number of imidazole rings is 1. The summed E-state index contributed by atoms with van der Waals surface area (Å²) in [6.45, 7) is 0. The number of thioether (sulfide) groups is 1. The molecule has 3 rings (SSSR count). The number of nitrogens with zero attached hydrogens (tertiary/aromatic N) is 3. The Morgan fingerprint density at radius 1 is 1.31 bits per heavy atom. The van der Waals surface area contributed by atoms with Gasteiger partial charge in [-0.15, -0.1) is 0 Å². The molecular formula is C11H9N3S2. The lowest BCUT2D eigenvalue weighted by atomic mass is 10.3. The Morgan fingerprint density at radius 2 is 2.19 bits per heavy atom. The molecule has 0 atom stereocenters. The predicted octanol–water partition coefficient (Wildman–Crippen LogP) is 3.25. The van der Waals surface area contributed by atoms with E-state index in [0.29, 0.717) is 0 Å². The van der Waals surface area contributed by atoms with E-state index in [1.54, 1.807) is 23.5 Å². The maximum Gasteiger partial charge on any atom is 0.179 e. The summed E-state index contributed by atoms with van der Waals surface area (Å²) in [4.78, 5) is 10.2. The summed E-state index contributed by atoms with van der Waals surface area (Å²) in [7, 11) is 0. The van der Waals surface area contributed by atoms with Crippen molar-refractivity contribution in [3.8, 4) is 0 Å². The number of para-hydroxylation sites is 1. The van der Waals surface area contributed by atoms with Gasteiger partial charge in [0.2, 0.25) is 0 Å². The highest BCUT2D eigenvalue weighted by atomic mass is 32.2. The normalized spacial score (nSPS) is 13.7. The zero-order chi connectivity index (χ0) is 11.0. The number of aliphatic imine (C=N–C) groups is 1. The van der Waals surface area contributed by atoms with Crippen molar-refractivity contribution in [2.75, 3.05) is 6.26 Å². The molecule has 0 aliphatic carbocycles. The van der Waals surface area contributed by atoms with E-state index in [2.05, 4.69) is 16.0 Å². The summed E-state index contributed by atoms with van der Waals surface area (Å²) in [5.41, 5.74) is 1.02. The van der Waals surface area contributed by atoms with E-state index in [1.807, 2.05) is 41.4 Å². The molecule has 3 nitrogen and oxygen atoms in total. The molecule has 1 aromatic carbocycles. The molecule has 1 aliphatic rings. The molecule has 0 fully saturated rings. The molecule has 0 saturated carbocycles. The monoisotopic (exact) mass is 247 g/mol. The Balaban J connectivity index is 2.23. The van der Waals surface area contributed by atoms with Crippen LogP contribution in [-0.4, -0.2) is 21.0 Å². The lowest BCUT2D eigenvalue weighted by molar-refractivity contribution is 0.960. The van der Waals surface area contributed by atoms with Gasteiger partial charge in [-0.1, -0.05) is 23.9 Å². The largest absolute Gasteiger partial charge is 0.273 e. The first-order valence-corrected chi connectivity index (χ1v) is 6.86. The van der Waals surface area contributed by atoms with Gasteiger partial charge < -0.3 is 0 Å². The maximum atomic E-state index is 4.65. The first-order valence-electron chi connectivity index (χ1n) is 4.82. The minimum absolute atomic E-state index is 0.963. The quantitative estimate of drug-likeness (QED) is 0.716. The summed E-state index contributed by atoms with van der Waals surface area (Å²) in [5.74, 6) is 0. The van der Waals surface area contributed by atoms with Crippen molar-refractivity contribution in [3.05, 3.63) is 36.7 Å². The third-order valence-corrected chi connectivity index (χ3v) is 3.98. The topological polar surface area (TPSA) is 30.2 Å². The summed E-state index contributed by atoms with van der Waals surface area (Å²) >= 11 is 3.28. The Bertz CT molecular complexity index is 560. The molecule has 16 heavy (non-hydrogen) atoms. The highest BCUT2D eigenvalue weighted by Crippen LogP contribution is 2.37. The molecule has 0 radical (unpaired) electrons. The van der Waals surface area contributed by atoms with Crippen LogP contribution in [0.1, 0.15) is 0 Å². The summed E-state index contributed by atoms with van der Waals surface area (Å²) < 4.78 is 2.02. The van der Waals surface area contributed by atoms with Gasteiger partial charge in [-0.05, 0) is 30.2 Å². The molecule has 80 valence electrons. The van der Waals surface area contributed by atoms with Crippen molar-refractivity contribution >= 4 is 34.4 Å². The van der Waals surface area contributed by atoms with Crippen LogP contribution in [0.15, 0.2) is 51.7 Å². The van der Waals surface area contributed by atoms with Crippen LogP contribution in [-0.2, 0) is 0 Å². The number of benzene rings is 1. The molecule has 1 aliphatic heterocycles. The molecule has 0 bridgehead atoms. The molecule has 2 aromatic rings. The van der Waals surface area contributed by atoms with E-state index in [1.165, 1.54) is 0 Å². The average molecular weight is 247 g/mol. The number of fused-ring (bicyclic) bond motifs is 2. The fourth-order valence-corrected chi connectivity index (χ4v) is 3.06. The summed E-state index contributed by atoms with van der Waals surface area (Å²) in [5, 5.41) is 1.93. The summed E-state index contributed by atoms with van der Waals surface area (Å²) in [6.07, 6.45) is 5.78. The maximum absolute atomic E-state index is 4.65. The minimum Gasteiger partial charge on any atom is -0.273 e. The Morgan fingerprint density at radius 3 is 3.06 bits per heavy atom. The minimum atomic E-state index is 0.963. The van der Waals surface area contributed by atoms with E-state index in [-0.39, 0.29) is 0 Å². The van der Waals surface area contributed by atoms with Crippen LogP contribution < -0.4 is 0 Å². The molecule has 0 saturated heterocycles. The lowest BCUT2D eigenvalue weighted by Gasteiger charge is -2.02. The van der Waals surface area contributed by atoms with Gasteiger partial charge in [0.05, 0.1) is 5.69 Å². The Hall–Kier alpha value is -1.20. The third-order valence-electron chi connectivity index (χ3n) is 2.28. The van der Waals surface area contributed by atoms with Gasteiger partial charge >= 0.3 is 0 Å². The zero-order valence-electron chi connectivity index (χ0n) is 8.62. The number of rotatable bonds is 0. The second-order valence-corrected chi connectivity index (χ2v) is 5.03. The van der Waals surface area contributed by atoms with E-state index in [4.69, 9.17) is 0 Å². The van der Waals surface area contributed by atoms with Gasteiger partial charge in [-0.25, -0.2) is 9.98 Å². The van der Waals surface area contributed by atoms with Gasteiger partial charge in [-0.2, -0.15) is 0 Å². The fourth-order valence-electron chi connectivity index (χ4n) is 1.55. The van der Waals surface area contributed by atoms with E-state index in [9.17, 15) is 0 Å². The lowest BCUT2D eigenvalue weighted by Crippen LogP contribution is -2.05. The molecule has 0 amide bonds. The van der Waals surface area contributed by atoms with Gasteiger partial charge in [-0.3, -0.25) is 4.57 Å². The first kappa shape index (κ1) is 9.99. The Kier molecular flexibility index (Phi) is 2.49. The zero-order valence-corrected chi connectivity index (χ0v) is 10.3. The van der Waals surface area contributed by atoms with Gasteiger partial charge in [0.15, 0.2) is 10.3 Å². The number of hydrogen-bond acceptors (Lipinski definition) is 4. The smallest absolute Gasteiger partial charge is 0.179 e. The molecule has 0 spiro atoms. The van der Waals surface area contributed by atoms with Crippen LogP contribution in [0.3, 0.4) is 0 Å². The van der Waals surface area contributed by atoms with Crippen molar-refractivity contribution in [2.24, 2.45) is 4.99 Å². The van der Waals surface area contributed by atoms with Crippen molar-refractivity contribution in [3.63, 3.8) is 0 Å².